The number of rotatable bonds is 4. The molecule has 4 rings (SSSR count). The Balaban J connectivity index is 1.44. The molecule has 8 nitrogen and oxygen atoms in total. The molecular formula is C20H22N6O2. The van der Waals surface area contributed by atoms with Crippen LogP contribution in [-0.2, 0) is 24.2 Å². The Labute approximate surface area is 162 Å². The Hall–Kier alpha value is -3.29. The second kappa shape index (κ2) is 7.38. The minimum absolute atomic E-state index is 0.0120. The summed E-state index contributed by atoms with van der Waals surface area (Å²) in [7, 11) is 3.83. The number of hydrogen-bond acceptors (Lipinski definition) is 6. The first-order chi connectivity index (χ1) is 13.5. The van der Waals surface area contributed by atoms with Crippen LogP contribution in [0.15, 0.2) is 41.6 Å². The summed E-state index contributed by atoms with van der Waals surface area (Å²) < 4.78 is 1.35. The molecular weight excluding hydrogens is 356 g/mol. The van der Waals surface area contributed by atoms with E-state index >= 15 is 0 Å². The smallest absolute Gasteiger partial charge is 0.261 e. The van der Waals surface area contributed by atoms with Crippen molar-refractivity contribution in [1.29, 1.82) is 0 Å². The monoisotopic (exact) mass is 378 g/mol. The normalized spacial score (nSPS) is 15.9. The van der Waals surface area contributed by atoms with E-state index in [1.165, 1.54) is 10.9 Å². The summed E-state index contributed by atoms with van der Waals surface area (Å²) in [6.45, 7) is -0.0455. The van der Waals surface area contributed by atoms with Gasteiger partial charge in [0.2, 0.25) is 11.9 Å². The third kappa shape index (κ3) is 3.58. The van der Waals surface area contributed by atoms with Gasteiger partial charge in [0.1, 0.15) is 6.54 Å². The van der Waals surface area contributed by atoms with Crippen molar-refractivity contribution in [2.24, 2.45) is 0 Å². The molecule has 0 spiro atoms. The summed E-state index contributed by atoms with van der Waals surface area (Å²) in [5.74, 6) is 0.503. The van der Waals surface area contributed by atoms with E-state index in [4.69, 9.17) is 0 Å². The summed E-state index contributed by atoms with van der Waals surface area (Å²) in [4.78, 5) is 40.1. The zero-order valence-corrected chi connectivity index (χ0v) is 15.9. The van der Waals surface area contributed by atoms with Crippen molar-refractivity contribution >= 4 is 22.8 Å². The molecule has 1 aliphatic carbocycles. The van der Waals surface area contributed by atoms with Gasteiger partial charge in [0.15, 0.2) is 0 Å². The molecule has 1 amide bonds. The Bertz CT molecular complexity index is 1090. The molecule has 0 saturated heterocycles. The second-order valence-electron chi connectivity index (χ2n) is 7.24. The van der Waals surface area contributed by atoms with Gasteiger partial charge in [-0.1, -0.05) is 12.1 Å². The molecule has 0 radical (unpaired) electrons. The number of carbonyl (C=O) groups is 1. The first-order valence-electron chi connectivity index (χ1n) is 9.27. The van der Waals surface area contributed by atoms with Crippen molar-refractivity contribution in [3.05, 3.63) is 58.4 Å². The Morgan fingerprint density at radius 3 is 2.93 bits per heavy atom. The van der Waals surface area contributed by atoms with Gasteiger partial charge in [-0.3, -0.25) is 14.2 Å². The predicted molar refractivity (Wildman–Crippen MR) is 106 cm³/mol. The van der Waals surface area contributed by atoms with Crippen molar-refractivity contribution in [1.82, 2.24) is 24.8 Å². The van der Waals surface area contributed by atoms with Crippen molar-refractivity contribution < 1.29 is 4.79 Å². The molecule has 0 fully saturated rings. The van der Waals surface area contributed by atoms with Crippen molar-refractivity contribution in [2.75, 3.05) is 19.0 Å². The lowest BCUT2D eigenvalue weighted by Gasteiger charge is -2.25. The van der Waals surface area contributed by atoms with Crippen LogP contribution < -0.4 is 15.8 Å². The van der Waals surface area contributed by atoms with Gasteiger partial charge in [0.05, 0.1) is 17.2 Å². The summed E-state index contributed by atoms with van der Waals surface area (Å²) in [6.07, 6.45) is 5.57. The van der Waals surface area contributed by atoms with Gasteiger partial charge in [-0.25, -0.2) is 15.0 Å². The highest BCUT2D eigenvalue weighted by atomic mass is 16.2. The van der Waals surface area contributed by atoms with Gasteiger partial charge >= 0.3 is 0 Å². The molecule has 8 heteroatoms. The highest BCUT2D eigenvalue weighted by Crippen LogP contribution is 2.21. The minimum Gasteiger partial charge on any atom is -0.351 e. The van der Waals surface area contributed by atoms with E-state index in [2.05, 4.69) is 20.3 Å². The molecule has 1 aliphatic rings. The van der Waals surface area contributed by atoms with Gasteiger partial charge in [-0.2, -0.15) is 0 Å². The quantitative estimate of drug-likeness (QED) is 0.726. The fourth-order valence-electron chi connectivity index (χ4n) is 3.48. The van der Waals surface area contributed by atoms with Gasteiger partial charge in [-0.05, 0) is 37.0 Å². The number of carbonyl (C=O) groups excluding carboxylic acids is 1. The van der Waals surface area contributed by atoms with Crippen LogP contribution >= 0.6 is 0 Å². The first kappa shape index (κ1) is 18.1. The number of benzene rings is 1. The van der Waals surface area contributed by atoms with Crippen LogP contribution in [0.25, 0.3) is 10.9 Å². The van der Waals surface area contributed by atoms with Crippen LogP contribution in [0, 0.1) is 0 Å². The number of fused-ring (bicyclic) bond motifs is 2. The fraction of sp³-hybridized carbons (Fsp3) is 0.350. The maximum absolute atomic E-state index is 12.5. The zero-order valence-electron chi connectivity index (χ0n) is 15.9. The summed E-state index contributed by atoms with van der Waals surface area (Å²) in [6, 6.07) is 7.14. The summed E-state index contributed by atoms with van der Waals surface area (Å²) >= 11 is 0. The lowest BCUT2D eigenvalue weighted by atomic mass is 9.93. The summed E-state index contributed by atoms with van der Waals surface area (Å²) in [5.41, 5.74) is 2.52. The van der Waals surface area contributed by atoms with Crippen molar-refractivity contribution in [3.63, 3.8) is 0 Å². The van der Waals surface area contributed by atoms with Gasteiger partial charge < -0.3 is 10.2 Å². The molecule has 1 atom stereocenters. The number of anilines is 1. The van der Waals surface area contributed by atoms with Crippen LogP contribution in [0.1, 0.15) is 17.7 Å². The van der Waals surface area contributed by atoms with Crippen LogP contribution in [0.5, 0.6) is 0 Å². The molecule has 144 valence electrons. The third-order valence-electron chi connectivity index (χ3n) is 4.95. The number of nitrogens with one attached hydrogen (secondary N) is 1. The van der Waals surface area contributed by atoms with Crippen molar-refractivity contribution in [2.45, 2.75) is 31.8 Å². The van der Waals surface area contributed by atoms with E-state index in [0.29, 0.717) is 23.3 Å². The van der Waals surface area contributed by atoms with E-state index in [0.717, 1.165) is 24.1 Å². The summed E-state index contributed by atoms with van der Waals surface area (Å²) in [5, 5.41) is 3.54. The molecule has 2 heterocycles. The standard InChI is InChI=1S/C20H22N6O2/c1-25(2)20-21-10-13-9-14(7-8-16(13)24-20)23-18(27)11-26-12-22-17-6-4-3-5-15(17)19(26)28/h3-6,10,12,14H,7-9,11H2,1-2H3,(H,23,27)/t14-/m0/s1. The molecule has 1 N–H and O–H groups in total. The van der Waals surface area contributed by atoms with E-state index in [-0.39, 0.29) is 24.1 Å². The molecule has 0 bridgehead atoms. The van der Waals surface area contributed by atoms with Crippen LogP contribution in [0.4, 0.5) is 5.95 Å². The van der Waals surface area contributed by atoms with Crippen LogP contribution in [-0.4, -0.2) is 45.6 Å². The lowest BCUT2D eigenvalue weighted by Crippen LogP contribution is -2.42. The zero-order chi connectivity index (χ0) is 19.7. The first-order valence-corrected chi connectivity index (χ1v) is 9.27. The average molecular weight is 378 g/mol. The number of aryl methyl sites for hydroxylation is 1. The number of aromatic nitrogens is 4. The number of hydrogen-bond donors (Lipinski definition) is 1. The lowest BCUT2D eigenvalue weighted by molar-refractivity contribution is -0.122. The van der Waals surface area contributed by atoms with E-state index in [1.54, 1.807) is 18.2 Å². The van der Waals surface area contributed by atoms with Gasteiger partial charge in [0.25, 0.3) is 5.56 Å². The van der Waals surface area contributed by atoms with Crippen LogP contribution in [0.3, 0.4) is 0 Å². The highest BCUT2D eigenvalue weighted by molar-refractivity contribution is 5.79. The average Bonchev–Trinajstić information content (AvgIpc) is 2.70. The van der Waals surface area contributed by atoms with E-state index in [9.17, 15) is 9.59 Å². The molecule has 0 aliphatic heterocycles. The SMILES string of the molecule is CN(C)c1ncc2c(n1)CC[C@H](NC(=O)Cn1cnc3ccccc3c1=O)C2. The third-order valence-corrected chi connectivity index (χ3v) is 4.95. The molecule has 28 heavy (non-hydrogen) atoms. The molecule has 0 saturated carbocycles. The fourth-order valence-corrected chi connectivity index (χ4v) is 3.48. The Kier molecular flexibility index (Phi) is 4.77. The molecule has 3 aromatic rings. The molecule has 1 aromatic carbocycles. The maximum atomic E-state index is 12.5. The number of para-hydroxylation sites is 1. The second-order valence-corrected chi connectivity index (χ2v) is 7.24. The topological polar surface area (TPSA) is 93.0 Å². The maximum Gasteiger partial charge on any atom is 0.261 e. The number of nitrogens with zero attached hydrogens (tertiary/aromatic N) is 5. The number of amides is 1. The molecule has 0 unspecified atom stereocenters. The highest BCUT2D eigenvalue weighted by Gasteiger charge is 2.22. The largest absolute Gasteiger partial charge is 0.351 e. The Morgan fingerprint density at radius 2 is 2.11 bits per heavy atom. The molecule has 2 aromatic heterocycles. The van der Waals surface area contributed by atoms with Crippen LogP contribution in [0.2, 0.25) is 0 Å². The van der Waals surface area contributed by atoms with E-state index < -0.39 is 0 Å². The Morgan fingerprint density at radius 1 is 1.29 bits per heavy atom. The van der Waals surface area contributed by atoms with E-state index in [1.807, 2.05) is 31.3 Å². The van der Waals surface area contributed by atoms with Gasteiger partial charge in [0, 0.05) is 32.0 Å². The van der Waals surface area contributed by atoms with Gasteiger partial charge in [-0.15, -0.1) is 0 Å². The predicted octanol–water partition coefficient (Wildman–Crippen LogP) is 0.926. The van der Waals surface area contributed by atoms with Crippen molar-refractivity contribution in [3.8, 4) is 0 Å². The minimum atomic E-state index is -0.209.